The Morgan fingerprint density at radius 2 is 2.00 bits per heavy atom. The number of ether oxygens (including phenoxy) is 1. The molecule has 0 aromatic heterocycles. The van der Waals surface area contributed by atoms with Crippen molar-refractivity contribution in [3.63, 3.8) is 0 Å². The van der Waals surface area contributed by atoms with E-state index in [9.17, 15) is 0 Å². The molecule has 1 N–H and O–H groups in total. The van der Waals surface area contributed by atoms with E-state index in [1.807, 2.05) is 12.1 Å². The van der Waals surface area contributed by atoms with Gasteiger partial charge in [0.05, 0.1) is 0 Å². The summed E-state index contributed by atoms with van der Waals surface area (Å²) in [4.78, 5) is 0. The van der Waals surface area contributed by atoms with E-state index < -0.39 is 0 Å². The van der Waals surface area contributed by atoms with E-state index in [1.165, 1.54) is 11.1 Å². The van der Waals surface area contributed by atoms with Gasteiger partial charge >= 0.3 is 0 Å². The second-order valence-corrected chi connectivity index (χ2v) is 5.85. The number of rotatable bonds is 3. The third-order valence-corrected chi connectivity index (χ3v) is 3.83. The van der Waals surface area contributed by atoms with Gasteiger partial charge in [-0.15, -0.1) is 0 Å². The molecule has 1 heterocycles. The molecule has 1 aliphatic rings. The molecule has 0 saturated carbocycles. The second kappa shape index (κ2) is 5.25. The molecule has 2 aromatic rings. The fourth-order valence-electron chi connectivity index (χ4n) is 2.36. The van der Waals surface area contributed by atoms with Gasteiger partial charge in [0.1, 0.15) is 11.9 Å². The van der Waals surface area contributed by atoms with Gasteiger partial charge in [-0.2, -0.15) is 0 Å². The van der Waals surface area contributed by atoms with Crippen LogP contribution in [0.25, 0.3) is 0 Å². The molecule has 19 heavy (non-hydrogen) atoms. The normalized spacial score (nSPS) is 16.8. The van der Waals surface area contributed by atoms with Crippen LogP contribution in [0.1, 0.15) is 18.1 Å². The number of fused-ring (bicyclic) bond motifs is 1. The van der Waals surface area contributed by atoms with Crippen molar-refractivity contribution in [2.75, 3.05) is 5.32 Å². The Bertz CT molecular complexity index is 580. The summed E-state index contributed by atoms with van der Waals surface area (Å²) in [5.41, 5.74) is 3.75. The highest BCUT2D eigenvalue weighted by Crippen LogP contribution is 2.29. The third kappa shape index (κ3) is 2.92. The van der Waals surface area contributed by atoms with Gasteiger partial charge in [0.25, 0.3) is 0 Å². The van der Waals surface area contributed by atoms with Gasteiger partial charge in [0.2, 0.25) is 0 Å². The first-order valence-corrected chi connectivity index (χ1v) is 7.28. The summed E-state index contributed by atoms with van der Waals surface area (Å²) in [6.45, 7) is 2.95. The summed E-state index contributed by atoms with van der Waals surface area (Å²) < 4.78 is 6.81. The predicted octanol–water partition coefficient (Wildman–Crippen LogP) is 4.38. The molecule has 0 unspecified atom stereocenters. The number of anilines is 1. The van der Waals surface area contributed by atoms with Crippen LogP contribution in [-0.2, 0) is 13.0 Å². The molecule has 1 atom stereocenters. The van der Waals surface area contributed by atoms with Crippen LogP contribution in [0, 0.1) is 0 Å². The first kappa shape index (κ1) is 12.5. The third-order valence-electron chi connectivity index (χ3n) is 3.30. The van der Waals surface area contributed by atoms with Gasteiger partial charge in [0.15, 0.2) is 0 Å². The molecule has 98 valence electrons. The molecular weight excluding hydrogens is 302 g/mol. The van der Waals surface area contributed by atoms with Gasteiger partial charge < -0.3 is 10.1 Å². The molecule has 2 nitrogen and oxygen atoms in total. The lowest BCUT2D eigenvalue weighted by Crippen LogP contribution is -2.05. The molecule has 0 saturated heterocycles. The Balaban J connectivity index is 1.68. The predicted molar refractivity (Wildman–Crippen MR) is 81.7 cm³/mol. The largest absolute Gasteiger partial charge is 0.490 e. The van der Waals surface area contributed by atoms with E-state index in [-0.39, 0.29) is 0 Å². The van der Waals surface area contributed by atoms with Crippen LogP contribution in [0.3, 0.4) is 0 Å². The monoisotopic (exact) mass is 317 g/mol. The summed E-state index contributed by atoms with van der Waals surface area (Å²) >= 11 is 3.44. The van der Waals surface area contributed by atoms with Crippen LogP contribution < -0.4 is 10.1 Å². The zero-order chi connectivity index (χ0) is 13.2. The minimum Gasteiger partial charge on any atom is -0.490 e. The summed E-state index contributed by atoms with van der Waals surface area (Å²) in [5.74, 6) is 1.04. The molecule has 3 heteroatoms. The number of benzene rings is 2. The van der Waals surface area contributed by atoms with Crippen LogP contribution in [-0.4, -0.2) is 6.10 Å². The minimum absolute atomic E-state index is 0.310. The molecule has 2 aromatic carbocycles. The standard InChI is InChI=1S/C16H16BrNO/c1-11-8-13-9-12(2-7-16(13)19-11)10-18-15-5-3-14(17)4-6-15/h2-7,9,11,18H,8,10H2,1H3/t11-/m1/s1. The highest BCUT2D eigenvalue weighted by Gasteiger charge is 2.18. The lowest BCUT2D eigenvalue weighted by Gasteiger charge is -2.08. The van der Waals surface area contributed by atoms with Crippen molar-refractivity contribution in [1.29, 1.82) is 0 Å². The van der Waals surface area contributed by atoms with Gasteiger partial charge in [0, 0.05) is 23.1 Å². The van der Waals surface area contributed by atoms with Crippen molar-refractivity contribution >= 4 is 21.6 Å². The van der Waals surface area contributed by atoms with Crippen LogP contribution >= 0.6 is 15.9 Å². The first-order chi connectivity index (χ1) is 9.20. The summed E-state index contributed by atoms with van der Waals surface area (Å²) in [5, 5.41) is 3.43. The van der Waals surface area contributed by atoms with E-state index >= 15 is 0 Å². The molecule has 3 rings (SSSR count). The highest BCUT2D eigenvalue weighted by atomic mass is 79.9. The van der Waals surface area contributed by atoms with E-state index in [2.05, 4.69) is 58.5 Å². The Hall–Kier alpha value is -1.48. The SMILES string of the molecule is C[C@@H]1Cc2cc(CNc3ccc(Br)cc3)ccc2O1. The maximum atomic E-state index is 5.71. The molecule has 0 aliphatic carbocycles. The number of halogens is 1. The number of nitrogens with one attached hydrogen (secondary N) is 1. The molecule has 0 radical (unpaired) electrons. The number of hydrogen-bond acceptors (Lipinski definition) is 2. The summed E-state index contributed by atoms with van der Waals surface area (Å²) in [6, 6.07) is 14.7. The van der Waals surface area contributed by atoms with Crippen LogP contribution in [0.5, 0.6) is 5.75 Å². The molecular formula is C16H16BrNO. The maximum absolute atomic E-state index is 5.71. The van der Waals surface area contributed by atoms with Crippen LogP contribution in [0.2, 0.25) is 0 Å². The Morgan fingerprint density at radius 1 is 1.21 bits per heavy atom. The van der Waals surface area contributed by atoms with Gasteiger partial charge in [-0.25, -0.2) is 0 Å². The smallest absolute Gasteiger partial charge is 0.123 e. The molecule has 0 amide bonds. The highest BCUT2D eigenvalue weighted by molar-refractivity contribution is 9.10. The number of hydrogen-bond donors (Lipinski definition) is 1. The average molecular weight is 318 g/mol. The topological polar surface area (TPSA) is 21.3 Å². The quantitative estimate of drug-likeness (QED) is 0.906. The van der Waals surface area contributed by atoms with Crippen LogP contribution in [0.4, 0.5) is 5.69 Å². The zero-order valence-corrected chi connectivity index (χ0v) is 12.4. The van der Waals surface area contributed by atoms with Crippen molar-refractivity contribution < 1.29 is 4.74 Å². The van der Waals surface area contributed by atoms with E-state index in [4.69, 9.17) is 4.74 Å². The van der Waals surface area contributed by atoms with E-state index in [0.717, 1.165) is 28.9 Å². The van der Waals surface area contributed by atoms with E-state index in [1.54, 1.807) is 0 Å². The maximum Gasteiger partial charge on any atom is 0.123 e. The van der Waals surface area contributed by atoms with Gasteiger partial charge in [-0.05, 0) is 48.4 Å². The molecule has 1 aliphatic heterocycles. The molecule has 0 spiro atoms. The zero-order valence-electron chi connectivity index (χ0n) is 10.8. The lowest BCUT2D eigenvalue weighted by atomic mass is 10.1. The van der Waals surface area contributed by atoms with E-state index in [0.29, 0.717) is 6.10 Å². The minimum atomic E-state index is 0.310. The molecule has 0 bridgehead atoms. The van der Waals surface area contributed by atoms with Crippen molar-refractivity contribution in [3.05, 3.63) is 58.1 Å². The van der Waals surface area contributed by atoms with Gasteiger partial charge in [-0.1, -0.05) is 28.1 Å². The fraction of sp³-hybridized carbons (Fsp3) is 0.250. The van der Waals surface area contributed by atoms with Crippen molar-refractivity contribution in [3.8, 4) is 5.75 Å². The summed E-state index contributed by atoms with van der Waals surface area (Å²) in [6.07, 6.45) is 1.33. The Morgan fingerprint density at radius 3 is 2.79 bits per heavy atom. The van der Waals surface area contributed by atoms with Crippen LogP contribution in [0.15, 0.2) is 46.9 Å². The first-order valence-electron chi connectivity index (χ1n) is 6.48. The second-order valence-electron chi connectivity index (χ2n) is 4.94. The lowest BCUT2D eigenvalue weighted by molar-refractivity contribution is 0.254. The van der Waals surface area contributed by atoms with Crippen molar-refractivity contribution in [2.45, 2.75) is 26.0 Å². The van der Waals surface area contributed by atoms with Crippen molar-refractivity contribution in [2.24, 2.45) is 0 Å². The fourth-order valence-corrected chi connectivity index (χ4v) is 2.62. The van der Waals surface area contributed by atoms with Crippen molar-refractivity contribution in [1.82, 2.24) is 0 Å². The average Bonchev–Trinajstić information content (AvgIpc) is 2.77. The summed E-state index contributed by atoms with van der Waals surface area (Å²) in [7, 11) is 0. The van der Waals surface area contributed by atoms with Gasteiger partial charge in [-0.3, -0.25) is 0 Å². The Labute approximate surface area is 121 Å². The Kier molecular flexibility index (Phi) is 3.47. The molecule has 0 fully saturated rings.